The summed E-state index contributed by atoms with van der Waals surface area (Å²) in [5.74, 6) is 1.26. The average Bonchev–Trinajstić information content (AvgIpc) is 2.46. The molecule has 1 aromatic rings. The Kier molecular flexibility index (Phi) is 4.24. The Morgan fingerprint density at radius 3 is 2.47 bits per heavy atom. The Labute approximate surface area is 112 Å². The van der Waals surface area contributed by atoms with Crippen molar-refractivity contribution in [3.05, 3.63) is 33.9 Å². The van der Waals surface area contributed by atoms with E-state index in [0.29, 0.717) is 17.9 Å². The second kappa shape index (κ2) is 5.91. The Morgan fingerprint density at radius 2 is 1.84 bits per heavy atom. The molecular formula is C14H19NO4. The van der Waals surface area contributed by atoms with E-state index in [-0.39, 0.29) is 10.8 Å². The van der Waals surface area contributed by atoms with Gasteiger partial charge in [0.25, 0.3) is 0 Å². The molecule has 0 bridgehead atoms. The zero-order chi connectivity index (χ0) is 13.8. The lowest BCUT2D eigenvalue weighted by molar-refractivity contribution is -0.530. The Bertz CT molecular complexity index is 461. The number of benzene rings is 1. The quantitative estimate of drug-likeness (QED) is 0.620. The number of methoxy groups -OCH3 is 2. The molecule has 0 spiro atoms. The minimum absolute atomic E-state index is 0.0245. The van der Waals surface area contributed by atoms with E-state index in [1.165, 1.54) is 0 Å². The van der Waals surface area contributed by atoms with Crippen LogP contribution < -0.4 is 9.47 Å². The summed E-state index contributed by atoms with van der Waals surface area (Å²) in [5.41, 5.74) is 0.971. The minimum Gasteiger partial charge on any atom is -0.493 e. The summed E-state index contributed by atoms with van der Waals surface area (Å²) in [7, 11) is 3.16. The second-order valence-corrected chi connectivity index (χ2v) is 4.86. The van der Waals surface area contributed by atoms with Crippen molar-refractivity contribution in [1.82, 2.24) is 0 Å². The number of rotatable bonds is 4. The number of ether oxygens (including phenoxy) is 2. The van der Waals surface area contributed by atoms with Gasteiger partial charge in [0.1, 0.15) is 0 Å². The fraction of sp³-hybridized carbons (Fsp3) is 0.571. The first-order chi connectivity index (χ1) is 9.17. The van der Waals surface area contributed by atoms with Crippen LogP contribution in [0.3, 0.4) is 0 Å². The van der Waals surface area contributed by atoms with Crippen molar-refractivity contribution < 1.29 is 14.4 Å². The lowest BCUT2D eigenvalue weighted by atomic mass is 9.80. The molecule has 1 aliphatic carbocycles. The molecule has 1 aliphatic rings. The van der Waals surface area contributed by atoms with E-state index in [1.807, 2.05) is 18.2 Å². The molecule has 19 heavy (non-hydrogen) atoms. The molecule has 0 aromatic heterocycles. The molecule has 5 heteroatoms. The Morgan fingerprint density at radius 1 is 1.16 bits per heavy atom. The maximum Gasteiger partial charge on any atom is 0.219 e. The molecule has 2 rings (SSSR count). The smallest absolute Gasteiger partial charge is 0.219 e. The topological polar surface area (TPSA) is 61.6 Å². The van der Waals surface area contributed by atoms with Crippen molar-refractivity contribution in [2.75, 3.05) is 14.2 Å². The van der Waals surface area contributed by atoms with Gasteiger partial charge in [-0.15, -0.1) is 0 Å². The maximum atomic E-state index is 11.2. The summed E-state index contributed by atoms with van der Waals surface area (Å²) in [5, 5.41) is 11.2. The molecule has 1 fully saturated rings. The van der Waals surface area contributed by atoms with Crippen LogP contribution in [0.1, 0.15) is 37.2 Å². The molecule has 0 saturated heterocycles. The van der Waals surface area contributed by atoms with Gasteiger partial charge in [-0.25, -0.2) is 0 Å². The summed E-state index contributed by atoms with van der Waals surface area (Å²) in [6, 6.07) is 5.12. The number of nitrogens with zero attached hydrogens (tertiary/aromatic N) is 1. The summed E-state index contributed by atoms with van der Waals surface area (Å²) >= 11 is 0. The van der Waals surface area contributed by atoms with E-state index in [0.717, 1.165) is 24.8 Å². The van der Waals surface area contributed by atoms with Gasteiger partial charge < -0.3 is 9.47 Å². The highest BCUT2D eigenvalue weighted by Crippen LogP contribution is 2.38. The average molecular weight is 265 g/mol. The normalized spacial score (nSPS) is 22.8. The molecule has 0 radical (unpaired) electrons. The maximum absolute atomic E-state index is 11.2. The lowest BCUT2D eigenvalue weighted by Gasteiger charge is -2.26. The molecule has 0 amide bonds. The second-order valence-electron chi connectivity index (χ2n) is 4.86. The minimum atomic E-state index is -0.480. The standard InChI is InChI=1S/C14H19NO4/c1-18-13-8-7-10(9-14(13)19-2)11-5-3-4-6-12(11)15(16)17/h7-9,11-12H,3-6H2,1-2H3/t11-,12-/m1/s1. The highest BCUT2D eigenvalue weighted by molar-refractivity contribution is 5.44. The van der Waals surface area contributed by atoms with Crippen molar-refractivity contribution in [3.8, 4) is 11.5 Å². The van der Waals surface area contributed by atoms with E-state index in [4.69, 9.17) is 9.47 Å². The van der Waals surface area contributed by atoms with Crippen LogP contribution >= 0.6 is 0 Å². The van der Waals surface area contributed by atoms with Gasteiger partial charge in [-0.1, -0.05) is 12.5 Å². The zero-order valence-electron chi connectivity index (χ0n) is 11.3. The largest absolute Gasteiger partial charge is 0.493 e. The predicted molar refractivity (Wildman–Crippen MR) is 71.5 cm³/mol. The van der Waals surface area contributed by atoms with Gasteiger partial charge >= 0.3 is 0 Å². The van der Waals surface area contributed by atoms with Crippen LogP contribution in [0.2, 0.25) is 0 Å². The van der Waals surface area contributed by atoms with Gasteiger partial charge in [-0.2, -0.15) is 0 Å². The van der Waals surface area contributed by atoms with Crippen LogP contribution in [0.15, 0.2) is 18.2 Å². The molecule has 1 saturated carbocycles. The van der Waals surface area contributed by atoms with Crippen molar-refractivity contribution in [3.63, 3.8) is 0 Å². The summed E-state index contributed by atoms with van der Waals surface area (Å²) < 4.78 is 10.5. The van der Waals surface area contributed by atoms with E-state index in [9.17, 15) is 10.1 Å². The van der Waals surface area contributed by atoms with Crippen molar-refractivity contribution in [1.29, 1.82) is 0 Å². The highest BCUT2D eigenvalue weighted by Gasteiger charge is 2.35. The first-order valence-corrected chi connectivity index (χ1v) is 6.52. The number of nitro groups is 1. The molecule has 0 unspecified atom stereocenters. The van der Waals surface area contributed by atoms with E-state index < -0.39 is 6.04 Å². The van der Waals surface area contributed by atoms with E-state index in [1.54, 1.807) is 14.2 Å². The molecule has 5 nitrogen and oxygen atoms in total. The van der Waals surface area contributed by atoms with Crippen LogP contribution in [-0.2, 0) is 0 Å². The lowest BCUT2D eigenvalue weighted by Crippen LogP contribution is -2.30. The van der Waals surface area contributed by atoms with Gasteiger partial charge in [0.15, 0.2) is 11.5 Å². The third-order valence-corrected chi connectivity index (χ3v) is 3.84. The van der Waals surface area contributed by atoms with Crippen LogP contribution in [0.5, 0.6) is 11.5 Å². The monoisotopic (exact) mass is 265 g/mol. The highest BCUT2D eigenvalue weighted by atomic mass is 16.6. The van der Waals surface area contributed by atoms with Crippen molar-refractivity contribution in [2.24, 2.45) is 0 Å². The van der Waals surface area contributed by atoms with Crippen LogP contribution in [0.4, 0.5) is 0 Å². The van der Waals surface area contributed by atoms with Crippen molar-refractivity contribution >= 4 is 0 Å². The Balaban J connectivity index is 2.31. The fourth-order valence-corrected chi connectivity index (χ4v) is 2.84. The first-order valence-electron chi connectivity index (χ1n) is 6.52. The molecule has 0 N–H and O–H groups in total. The van der Waals surface area contributed by atoms with Gasteiger partial charge in [-0.3, -0.25) is 10.1 Å². The predicted octanol–water partition coefficient (Wildman–Crippen LogP) is 3.01. The summed E-state index contributed by atoms with van der Waals surface area (Å²) in [4.78, 5) is 11.0. The summed E-state index contributed by atoms with van der Waals surface area (Å²) in [6.07, 6.45) is 3.51. The third-order valence-electron chi connectivity index (χ3n) is 3.84. The van der Waals surface area contributed by atoms with Gasteiger partial charge in [-0.05, 0) is 30.5 Å². The zero-order valence-corrected chi connectivity index (χ0v) is 11.3. The molecule has 0 heterocycles. The molecule has 0 aliphatic heterocycles. The molecular weight excluding hydrogens is 246 g/mol. The first kappa shape index (κ1) is 13.6. The molecule has 1 aromatic carbocycles. The van der Waals surface area contributed by atoms with Crippen LogP contribution in [0.25, 0.3) is 0 Å². The van der Waals surface area contributed by atoms with Gasteiger partial charge in [0.2, 0.25) is 6.04 Å². The van der Waals surface area contributed by atoms with Crippen LogP contribution in [0, 0.1) is 10.1 Å². The number of hydrogen-bond acceptors (Lipinski definition) is 4. The fourth-order valence-electron chi connectivity index (χ4n) is 2.84. The van der Waals surface area contributed by atoms with E-state index in [2.05, 4.69) is 0 Å². The third kappa shape index (κ3) is 2.80. The van der Waals surface area contributed by atoms with E-state index >= 15 is 0 Å². The van der Waals surface area contributed by atoms with Crippen LogP contribution in [-0.4, -0.2) is 25.2 Å². The Hall–Kier alpha value is -1.78. The number of hydrogen-bond donors (Lipinski definition) is 0. The van der Waals surface area contributed by atoms with Crippen molar-refractivity contribution in [2.45, 2.75) is 37.6 Å². The van der Waals surface area contributed by atoms with Gasteiger partial charge in [0, 0.05) is 11.3 Å². The molecule has 2 atom stereocenters. The summed E-state index contributed by atoms with van der Waals surface area (Å²) in [6.45, 7) is 0. The SMILES string of the molecule is COc1ccc([C@H]2CCCC[C@H]2[N+](=O)[O-])cc1OC. The molecule has 104 valence electrons. The van der Waals surface area contributed by atoms with Gasteiger partial charge in [0.05, 0.1) is 20.1 Å².